The summed E-state index contributed by atoms with van der Waals surface area (Å²) in [5.74, 6) is -0.580. The van der Waals surface area contributed by atoms with Crippen LogP contribution in [0.3, 0.4) is 0 Å². The highest BCUT2D eigenvalue weighted by atomic mass is 19.4. The molecule has 0 spiro atoms. The molecule has 0 atom stereocenters. The first kappa shape index (κ1) is 17.3. The number of alkyl halides is 6. The van der Waals surface area contributed by atoms with Crippen molar-refractivity contribution in [3.63, 3.8) is 0 Å². The van der Waals surface area contributed by atoms with E-state index in [0.29, 0.717) is 6.07 Å². The van der Waals surface area contributed by atoms with Crippen molar-refractivity contribution >= 4 is 6.29 Å². The van der Waals surface area contributed by atoms with Crippen LogP contribution in [0.4, 0.5) is 26.3 Å². The Kier molecular flexibility index (Phi) is 5.59. The van der Waals surface area contributed by atoms with Crippen LogP contribution in [0.25, 0.3) is 0 Å². The SMILES string of the molecule is O=Cc1ccc(OCCOCC(F)(F)F)c(C(F)(F)F)c1. The number of halogens is 6. The molecule has 1 aromatic rings. The first-order valence-electron chi connectivity index (χ1n) is 5.57. The average Bonchev–Trinajstić information content (AvgIpc) is 2.36. The molecule has 0 radical (unpaired) electrons. The maximum atomic E-state index is 12.7. The second kappa shape index (κ2) is 6.79. The summed E-state index contributed by atoms with van der Waals surface area (Å²) >= 11 is 0. The molecule has 0 bridgehead atoms. The van der Waals surface area contributed by atoms with Gasteiger partial charge in [0.2, 0.25) is 0 Å². The number of carbonyl (C=O) groups is 1. The largest absolute Gasteiger partial charge is 0.491 e. The molecule has 0 aliphatic heterocycles. The van der Waals surface area contributed by atoms with Gasteiger partial charge in [0.25, 0.3) is 0 Å². The summed E-state index contributed by atoms with van der Waals surface area (Å²) in [6, 6.07) is 2.63. The van der Waals surface area contributed by atoms with Gasteiger partial charge in [0, 0.05) is 5.56 Å². The third-order valence-electron chi connectivity index (χ3n) is 2.20. The average molecular weight is 316 g/mol. The number of hydrogen-bond donors (Lipinski definition) is 0. The van der Waals surface area contributed by atoms with Crippen molar-refractivity contribution < 1.29 is 40.6 Å². The van der Waals surface area contributed by atoms with Crippen molar-refractivity contribution in [2.75, 3.05) is 19.8 Å². The minimum atomic E-state index is -4.75. The van der Waals surface area contributed by atoms with E-state index in [1.165, 1.54) is 0 Å². The number of benzene rings is 1. The molecular weight excluding hydrogens is 306 g/mol. The molecule has 0 amide bonds. The van der Waals surface area contributed by atoms with E-state index in [-0.39, 0.29) is 11.8 Å². The Labute approximate surface area is 115 Å². The van der Waals surface area contributed by atoms with E-state index in [4.69, 9.17) is 4.74 Å². The minimum Gasteiger partial charge on any atom is -0.491 e. The fourth-order valence-corrected chi connectivity index (χ4v) is 1.37. The topological polar surface area (TPSA) is 35.5 Å². The lowest BCUT2D eigenvalue weighted by atomic mass is 10.1. The van der Waals surface area contributed by atoms with Gasteiger partial charge in [-0.05, 0) is 18.2 Å². The zero-order valence-electron chi connectivity index (χ0n) is 10.4. The number of carbonyl (C=O) groups excluding carboxylic acids is 1. The third kappa shape index (κ3) is 6.03. The van der Waals surface area contributed by atoms with E-state index < -0.39 is 43.5 Å². The zero-order valence-corrected chi connectivity index (χ0v) is 10.4. The van der Waals surface area contributed by atoms with Gasteiger partial charge in [-0.15, -0.1) is 0 Å². The molecule has 0 fully saturated rings. The second-order valence-electron chi connectivity index (χ2n) is 3.89. The fraction of sp³-hybridized carbons (Fsp3) is 0.417. The highest BCUT2D eigenvalue weighted by Crippen LogP contribution is 2.36. The van der Waals surface area contributed by atoms with Crippen LogP contribution < -0.4 is 4.74 Å². The standard InChI is InChI=1S/C12H10F6O3/c13-11(14,15)7-20-3-4-21-10-2-1-8(6-19)5-9(10)12(16,17)18/h1-2,5-6H,3-4,7H2. The van der Waals surface area contributed by atoms with Crippen LogP contribution in [-0.4, -0.2) is 32.3 Å². The molecule has 0 N–H and O–H groups in total. The Morgan fingerprint density at radius 1 is 1.05 bits per heavy atom. The van der Waals surface area contributed by atoms with Gasteiger partial charge in [-0.3, -0.25) is 4.79 Å². The molecular formula is C12H10F6O3. The number of hydrogen-bond acceptors (Lipinski definition) is 3. The predicted octanol–water partition coefficient (Wildman–Crippen LogP) is 3.48. The lowest BCUT2D eigenvalue weighted by molar-refractivity contribution is -0.175. The predicted molar refractivity (Wildman–Crippen MR) is 59.2 cm³/mol. The molecule has 0 aliphatic rings. The van der Waals surface area contributed by atoms with E-state index >= 15 is 0 Å². The second-order valence-corrected chi connectivity index (χ2v) is 3.89. The lowest BCUT2D eigenvalue weighted by Crippen LogP contribution is -2.20. The monoisotopic (exact) mass is 316 g/mol. The quantitative estimate of drug-likeness (QED) is 0.458. The van der Waals surface area contributed by atoms with E-state index in [2.05, 4.69) is 4.74 Å². The van der Waals surface area contributed by atoms with Gasteiger partial charge in [-0.2, -0.15) is 26.3 Å². The van der Waals surface area contributed by atoms with Gasteiger partial charge in [-0.25, -0.2) is 0 Å². The Balaban J connectivity index is 2.64. The molecule has 3 nitrogen and oxygen atoms in total. The summed E-state index contributed by atoms with van der Waals surface area (Å²) in [6.07, 6.45) is -9.02. The van der Waals surface area contributed by atoms with E-state index in [1.54, 1.807) is 0 Å². The molecule has 118 valence electrons. The number of ether oxygens (including phenoxy) is 2. The molecule has 0 aromatic heterocycles. The third-order valence-corrected chi connectivity index (χ3v) is 2.20. The highest BCUT2D eigenvalue weighted by molar-refractivity contribution is 5.75. The van der Waals surface area contributed by atoms with Crippen molar-refractivity contribution in [1.82, 2.24) is 0 Å². The summed E-state index contributed by atoms with van der Waals surface area (Å²) in [6.45, 7) is -2.52. The number of aldehydes is 1. The van der Waals surface area contributed by atoms with Gasteiger partial charge in [0.05, 0.1) is 12.2 Å². The summed E-state index contributed by atoms with van der Waals surface area (Å²) in [4.78, 5) is 10.5. The normalized spacial score (nSPS) is 12.3. The molecule has 0 heterocycles. The van der Waals surface area contributed by atoms with Gasteiger partial charge in [0.15, 0.2) is 0 Å². The van der Waals surface area contributed by atoms with Gasteiger partial charge in [0.1, 0.15) is 25.2 Å². The van der Waals surface area contributed by atoms with Crippen LogP contribution in [0, 0.1) is 0 Å². The molecule has 0 aliphatic carbocycles. The van der Waals surface area contributed by atoms with Crippen molar-refractivity contribution in [1.29, 1.82) is 0 Å². The molecule has 1 aromatic carbocycles. The van der Waals surface area contributed by atoms with Gasteiger partial charge in [-0.1, -0.05) is 0 Å². The first-order valence-corrected chi connectivity index (χ1v) is 5.57. The van der Waals surface area contributed by atoms with E-state index in [0.717, 1.165) is 12.1 Å². The number of rotatable bonds is 6. The summed E-state index contributed by atoms with van der Waals surface area (Å²) in [7, 11) is 0. The molecule has 0 saturated carbocycles. The smallest absolute Gasteiger partial charge is 0.419 e. The van der Waals surface area contributed by atoms with Crippen LogP contribution >= 0.6 is 0 Å². The summed E-state index contributed by atoms with van der Waals surface area (Å²) in [5, 5.41) is 0. The summed E-state index contributed by atoms with van der Waals surface area (Å²) in [5.41, 5.74) is -1.37. The van der Waals surface area contributed by atoms with Crippen LogP contribution in [0.2, 0.25) is 0 Å². The molecule has 1 rings (SSSR count). The maximum absolute atomic E-state index is 12.7. The molecule has 21 heavy (non-hydrogen) atoms. The van der Waals surface area contributed by atoms with Crippen LogP contribution in [-0.2, 0) is 10.9 Å². The Morgan fingerprint density at radius 2 is 1.71 bits per heavy atom. The van der Waals surface area contributed by atoms with Crippen molar-refractivity contribution in [3.05, 3.63) is 29.3 Å². The molecule has 9 heteroatoms. The Morgan fingerprint density at radius 3 is 2.24 bits per heavy atom. The maximum Gasteiger partial charge on any atom is 0.419 e. The molecule has 0 unspecified atom stereocenters. The zero-order chi connectivity index (χ0) is 16.1. The highest BCUT2D eigenvalue weighted by Gasteiger charge is 2.34. The summed E-state index contributed by atoms with van der Waals surface area (Å²) < 4.78 is 82.4. The van der Waals surface area contributed by atoms with E-state index in [1.807, 2.05) is 0 Å². The Bertz CT molecular complexity index is 481. The molecule has 0 saturated heterocycles. The van der Waals surface area contributed by atoms with Gasteiger partial charge >= 0.3 is 12.4 Å². The van der Waals surface area contributed by atoms with Crippen molar-refractivity contribution in [3.8, 4) is 5.75 Å². The minimum absolute atomic E-state index is 0.192. The van der Waals surface area contributed by atoms with Gasteiger partial charge < -0.3 is 9.47 Å². The van der Waals surface area contributed by atoms with Crippen LogP contribution in [0.5, 0.6) is 5.75 Å². The van der Waals surface area contributed by atoms with Crippen molar-refractivity contribution in [2.45, 2.75) is 12.4 Å². The fourth-order valence-electron chi connectivity index (χ4n) is 1.37. The van der Waals surface area contributed by atoms with Crippen LogP contribution in [0.15, 0.2) is 18.2 Å². The Hall–Kier alpha value is -1.77. The van der Waals surface area contributed by atoms with E-state index in [9.17, 15) is 31.1 Å². The van der Waals surface area contributed by atoms with Crippen molar-refractivity contribution in [2.24, 2.45) is 0 Å². The van der Waals surface area contributed by atoms with Crippen LogP contribution in [0.1, 0.15) is 15.9 Å². The first-order chi connectivity index (χ1) is 9.63. The lowest BCUT2D eigenvalue weighted by Gasteiger charge is -2.14.